The molecule has 0 bridgehead atoms. The van der Waals surface area contributed by atoms with Crippen molar-refractivity contribution in [2.24, 2.45) is 4.99 Å². The van der Waals surface area contributed by atoms with Gasteiger partial charge in [-0.15, -0.1) is 24.0 Å². The number of ether oxygens (including phenoxy) is 1. The summed E-state index contributed by atoms with van der Waals surface area (Å²) in [5, 5.41) is 6.55. The number of hydrogen-bond donors (Lipinski definition) is 2. The summed E-state index contributed by atoms with van der Waals surface area (Å²) in [6.07, 6.45) is 2.86. The second-order valence-corrected chi connectivity index (χ2v) is 5.18. The second-order valence-electron chi connectivity index (χ2n) is 5.18. The summed E-state index contributed by atoms with van der Waals surface area (Å²) in [7, 11) is 1.76. The molecule has 0 amide bonds. The van der Waals surface area contributed by atoms with Crippen LogP contribution in [-0.2, 0) is 13.0 Å². The van der Waals surface area contributed by atoms with E-state index in [1.807, 2.05) is 36.4 Å². The van der Waals surface area contributed by atoms with Gasteiger partial charge in [0.15, 0.2) is 5.96 Å². The molecule has 1 unspecified atom stereocenters. The fourth-order valence-electron chi connectivity index (χ4n) is 2.48. The average Bonchev–Trinajstić information content (AvgIpc) is 2.99. The maximum atomic E-state index is 5.91. The number of para-hydroxylation sites is 1. The van der Waals surface area contributed by atoms with Crippen molar-refractivity contribution < 1.29 is 4.74 Å². The normalized spacial score (nSPS) is 16.0. The summed E-state index contributed by atoms with van der Waals surface area (Å²) in [5.74, 6) is 1.75. The van der Waals surface area contributed by atoms with Crippen LogP contribution in [0.4, 0.5) is 0 Å². The Hall–Kier alpha value is -1.83. The zero-order valence-corrected chi connectivity index (χ0v) is 15.4. The summed E-state index contributed by atoms with van der Waals surface area (Å²) in [6.45, 7) is 1.36. The Kier molecular flexibility index (Phi) is 6.64. The fourth-order valence-corrected chi connectivity index (χ4v) is 2.48. The van der Waals surface area contributed by atoms with Gasteiger partial charge in [0.05, 0.1) is 18.8 Å². The molecule has 0 spiro atoms. The number of benzene rings is 1. The lowest BCUT2D eigenvalue weighted by molar-refractivity contribution is 0.235. The van der Waals surface area contributed by atoms with Gasteiger partial charge in [0.1, 0.15) is 11.9 Å². The number of nitrogens with one attached hydrogen (secondary N) is 2. The van der Waals surface area contributed by atoms with Gasteiger partial charge in [0, 0.05) is 19.7 Å². The van der Waals surface area contributed by atoms with E-state index in [4.69, 9.17) is 4.74 Å². The van der Waals surface area contributed by atoms with E-state index in [-0.39, 0.29) is 30.1 Å². The first-order valence-corrected chi connectivity index (χ1v) is 7.44. The molecule has 1 aliphatic heterocycles. The quantitative estimate of drug-likeness (QED) is 0.450. The van der Waals surface area contributed by atoms with Crippen molar-refractivity contribution in [1.82, 2.24) is 15.6 Å². The molecule has 0 radical (unpaired) electrons. The Bertz CT molecular complexity index is 623. The smallest absolute Gasteiger partial charge is 0.191 e. The molecular weight excluding hydrogens is 403 g/mol. The van der Waals surface area contributed by atoms with Crippen LogP contribution in [0.25, 0.3) is 0 Å². The Balaban J connectivity index is 0.00000192. The van der Waals surface area contributed by atoms with Crippen LogP contribution in [-0.4, -0.2) is 30.6 Å². The highest BCUT2D eigenvalue weighted by Crippen LogP contribution is 2.27. The van der Waals surface area contributed by atoms with Gasteiger partial charge >= 0.3 is 0 Å². The molecule has 1 atom stereocenters. The highest BCUT2D eigenvalue weighted by atomic mass is 127. The number of nitrogens with zero attached hydrogens (tertiary/aromatic N) is 2. The number of hydrogen-bond acceptors (Lipinski definition) is 3. The van der Waals surface area contributed by atoms with Crippen LogP contribution in [0.3, 0.4) is 0 Å². The minimum atomic E-state index is 0. The van der Waals surface area contributed by atoms with Crippen molar-refractivity contribution in [2.75, 3.05) is 13.6 Å². The molecule has 0 aliphatic carbocycles. The standard InChI is InChI=1S/C17H20N4O.HI/c1-18-17(20-11-14-7-4-5-9-19-14)21-12-15-10-13-6-2-3-8-16(13)22-15;/h2-9,15H,10-12H2,1H3,(H2,18,20,21);1H. The van der Waals surface area contributed by atoms with Crippen LogP contribution in [0, 0.1) is 0 Å². The molecule has 0 saturated carbocycles. The first-order chi connectivity index (χ1) is 10.8. The zero-order valence-electron chi connectivity index (χ0n) is 13.0. The van der Waals surface area contributed by atoms with Gasteiger partial charge in [-0.25, -0.2) is 0 Å². The van der Waals surface area contributed by atoms with Crippen molar-refractivity contribution in [1.29, 1.82) is 0 Å². The third kappa shape index (κ3) is 4.82. The second kappa shape index (κ2) is 8.71. The van der Waals surface area contributed by atoms with Crippen LogP contribution in [0.1, 0.15) is 11.3 Å². The Labute approximate surface area is 153 Å². The molecule has 5 nitrogen and oxygen atoms in total. The van der Waals surface area contributed by atoms with E-state index >= 15 is 0 Å². The van der Waals surface area contributed by atoms with E-state index in [2.05, 4.69) is 26.7 Å². The number of rotatable bonds is 4. The molecule has 0 saturated heterocycles. The third-order valence-electron chi connectivity index (χ3n) is 3.60. The summed E-state index contributed by atoms with van der Waals surface area (Å²) >= 11 is 0. The molecule has 2 aromatic rings. The predicted octanol–water partition coefficient (Wildman–Crippen LogP) is 2.37. The number of pyridine rings is 1. The van der Waals surface area contributed by atoms with Crippen LogP contribution < -0.4 is 15.4 Å². The largest absolute Gasteiger partial charge is 0.488 e. The van der Waals surface area contributed by atoms with Crippen LogP contribution in [0.2, 0.25) is 0 Å². The van der Waals surface area contributed by atoms with Crippen molar-refractivity contribution >= 4 is 29.9 Å². The molecule has 23 heavy (non-hydrogen) atoms. The van der Waals surface area contributed by atoms with E-state index in [0.29, 0.717) is 6.54 Å². The molecular formula is C17H21IN4O. The van der Waals surface area contributed by atoms with Crippen LogP contribution in [0.15, 0.2) is 53.7 Å². The van der Waals surface area contributed by atoms with E-state index in [9.17, 15) is 0 Å². The van der Waals surface area contributed by atoms with Gasteiger partial charge in [-0.3, -0.25) is 9.98 Å². The maximum absolute atomic E-state index is 5.91. The van der Waals surface area contributed by atoms with Crippen molar-refractivity contribution in [3.8, 4) is 5.75 Å². The Morgan fingerprint density at radius 1 is 1.22 bits per heavy atom. The number of aromatic nitrogens is 1. The van der Waals surface area contributed by atoms with Crippen LogP contribution in [0.5, 0.6) is 5.75 Å². The summed E-state index contributed by atoms with van der Waals surface area (Å²) in [4.78, 5) is 8.50. The lowest BCUT2D eigenvalue weighted by atomic mass is 10.1. The first kappa shape index (κ1) is 17.5. The summed E-state index contributed by atoms with van der Waals surface area (Å²) in [6, 6.07) is 14.0. The maximum Gasteiger partial charge on any atom is 0.191 e. The molecule has 1 aliphatic rings. The van der Waals surface area contributed by atoms with Crippen LogP contribution >= 0.6 is 24.0 Å². The highest BCUT2D eigenvalue weighted by molar-refractivity contribution is 14.0. The summed E-state index contributed by atoms with van der Waals surface area (Å²) < 4.78 is 5.91. The molecule has 2 N–H and O–H groups in total. The van der Waals surface area contributed by atoms with Crippen molar-refractivity contribution in [3.63, 3.8) is 0 Å². The molecule has 122 valence electrons. The lowest BCUT2D eigenvalue weighted by Crippen LogP contribution is -2.42. The van der Waals surface area contributed by atoms with Gasteiger partial charge in [-0.1, -0.05) is 24.3 Å². The van der Waals surface area contributed by atoms with E-state index in [0.717, 1.165) is 30.4 Å². The number of halogens is 1. The topological polar surface area (TPSA) is 58.5 Å². The summed E-state index contributed by atoms with van der Waals surface area (Å²) in [5.41, 5.74) is 2.25. The molecule has 2 heterocycles. The number of guanidine groups is 1. The minimum absolute atomic E-state index is 0. The molecule has 6 heteroatoms. The van der Waals surface area contributed by atoms with Crippen molar-refractivity contribution in [3.05, 3.63) is 59.9 Å². The Morgan fingerprint density at radius 3 is 2.78 bits per heavy atom. The zero-order chi connectivity index (χ0) is 15.2. The SMILES string of the molecule is CN=C(NCc1ccccn1)NCC1Cc2ccccc2O1.I. The third-order valence-corrected chi connectivity index (χ3v) is 3.60. The van der Waals surface area contributed by atoms with E-state index < -0.39 is 0 Å². The minimum Gasteiger partial charge on any atom is -0.488 e. The molecule has 0 fully saturated rings. The molecule has 1 aromatic carbocycles. The van der Waals surface area contributed by atoms with Gasteiger partial charge in [0.2, 0.25) is 0 Å². The highest BCUT2D eigenvalue weighted by Gasteiger charge is 2.22. The van der Waals surface area contributed by atoms with Gasteiger partial charge in [0.25, 0.3) is 0 Å². The first-order valence-electron chi connectivity index (χ1n) is 7.44. The number of aliphatic imine (C=N–C) groups is 1. The molecule has 1 aromatic heterocycles. The Morgan fingerprint density at radius 2 is 2.04 bits per heavy atom. The molecule has 3 rings (SSSR count). The van der Waals surface area contributed by atoms with Gasteiger partial charge in [-0.05, 0) is 23.8 Å². The van der Waals surface area contributed by atoms with Gasteiger partial charge in [-0.2, -0.15) is 0 Å². The number of fused-ring (bicyclic) bond motifs is 1. The average molecular weight is 424 g/mol. The predicted molar refractivity (Wildman–Crippen MR) is 102 cm³/mol. The van der Waals surface area contributed by atoms with E-state index in [1.54, 1.807) is 13.2 Å². The van der Waals surface area contributed by atoms with Gasteiger partial charge < -0.3 is 15.4 Å². The fraction of sp³-hybridized carbons (Fsp3) is 0.294. The lowest BCUT2D eigenvalue weighted by Gasteiger charge is -2.15. The van der Waals surface area contributed by atoms with Crippen molar-refractivity contribution in [2.45, 2.75) is 19.1 Å². The monoisotopic (exact) mass is 424 g/mol. The van der Waals surface area contributed by atoms with E-state index in [1.165, 1.54) is 5.56 Å².